The Hall–Kier alpha value is -1.39. The Balaban J connectivity index is 2.36. The molecule has 1 saturated carbocycles. The van der Waals surface area contributed by atoms with Crippen molar-refractivity contribution in [3.63, 3.8) is 0 Å². The van der Waals surface area contributed by atoms with Gasteiger partial charge in [-0.05, 0) is 19.8 Å². The van der Waals surface area contributed by atoms with Gasteiger partial charge in [0.1, 0.15) is 12.4 Å². The van der Waals surface area contributed by atoms with Crippen LogP contribution < -0.4 is 0 Å². The fraction of sp³-hybridized carbons (Fsp3) is 0.667. The fourth-order valence-electron chi connectivity index (χ4n) is 2.44. The van der Waals surface area contributed by atoms with Gasteiger partial charge in [0.25, 0.3) is 10.0 Å². The zero-order valence-electron chi connectivity index (χ0n) is 11.2. The van der Waals surface area contributed by atoms with Gasteiger partial charge in [-0.15, -0.1) is 0 Å². The van der Waals surface area contributed by atoms with Gasteiger partial charge < -0.3 is 4.57 Å². The lowest BCUT2D eigenvalue weighted by atomic mass is 10.2. The molecule has 0 amide bonds. The molecule has 104 valence electrons. The lowest BCUT2D eigenvalue weighted by molar-refractivity contribution is 0.349. The van der Waals surface area contributed by atoms with E-state index < -0.39 is 10.0 Å². The van der Waals surface area contributed by atoms with Crippen LogP contribution in [0.15, 0.2) is 11.2 Å². The minimum Gasteiger partial charge on any atom is -0.337 e. The first kappa shape index (κ1) is 14.0. The van der Waals surface area contributed by atoms with Crippen LogP contribution in [0.5, 0.6) is 0 Å². The summed E-state index contributed by atoms with van der Waals surface area (Å²) in [5.41, 5.74) is 0. The van der Waals surface area contributed by atoms with Gasteiger partial charge in [0.15, 0.2) is 5.03 Å². The zero-order chi connectivity index (χ0) is 14.0. The molecule has 0 aromatic carbocycles. The zero-order valence-corrected chi connectivity index (χ0v) is 12.0. The van der Waals surface area contributed by atoms with Gasteiger partial charge in [0.05, 0.1) is 6.07 Å². The number of aromatic nitrogens is 2. The van der Waals surface area contributed by atoms with Crippen LogP contribution in [-0.4, -0.2) is 34.9 Å². The fourth-order valence-corrected chi connectivity index (χ4v) is 4.05. The smallest absolute Gasteiger partial charge is 0.263 e. The monoisotopic (exact) mass is 282 g/mol. The molecular formula is C12H18N4O2S. The Bertz CT molecular complexity index is 574. The van der Waals surface area contributed by atoms with E-state index in [4.69, 9.17) is 5.26 Å². The molecule has 0 atom stereocenters. The summed E-state index contributed by atoms with van der Waals surface area (Å²) in [6, 6.07) is 1.89. The first-order chi connectivity index (χ1) is 8.96. The van der Waals surface area contributed by atoms with Crippen LogP contribution in [0.3, 0.4) is 0 Å². The molecule has 0 saturated heterocycles. The predicted octanol–water partition coefficient (Wildman–Crippen LogP) is 1.19. The van der Waals surface area contributed by atoms with Crippen molar-refractivity contribution >= 4 is 10.0 Å². The first-order valence-electron chi connectivity index (χ1n) is 6.35. The Labute approximate surface area is 113 Å². The molecule has 0 N–H and O–H groups in total. The molecule has 0 unspecified atom stereocenters. The van der Waals surface area contributed by atoms with Gasteiger partial charge in [-0.2, -0.15) is 9.57 Å². The predicted molar refractivity (Wildman–Crippen MR) is 69.7 cm³/mol. The third-order valence-electron chi connectivity index (χ3n) is 3.62. The Morgan fingerprint density at radius 1 is 1.53 bits per heavy atom. The van der Waals surface area contributed by atoms with Crippen molar-refractivity contribution < 1.29 is 8.42 Å². The first-order valence-corrected chi connectivity index (χ1v) is 7.79. The number of imidazole rings is 1. The van der Waals surface area contributed by atoms with E-state index in [1.165, 1.54) is 10.5 Å². The van der Waals surface area contributed by atoms with Gasteiger partial charge in [-0.25, -0.2) is 13.4 Å². The minimum atomic E-state index is -3.67. The number of aryl methyl sites for hydroxylation is 2. The lowest BCUT2D eigenvalue weighted by Crippen LogP contribution is -2.39. The highest BCUT2D eigenvalue weighted by molar-refractivity contribution is 7.89. The Morgan fingerprint density at radius 3 is 2.63 bits per heavy atom. The summed E-state index contributed by atoms with van der Waals surface area (Å²) in [5, 5.41) is 8.92. The number of sulfonamides is 1. The maximum absolute atomic E-state index is 12.6. The molecular weight excluding hydrogens is 264 g/mol. The maximum atomic E-state index is 12.6. The van der Waals surface area contributed by atoms with Crippen LogP contribution in [0.25, 0.3) is 0 Å². The second-order valence-electron chi connectivity index (χ2n) is 4.88. The third kappa shape index (κ3) is 2.65. The molecule has 1 heterocycles. The van der Waals surface area contributed by atoms with Crippen molar-refractivity contribution in [2.75, 3.05) is 6.54 Å². The lowest BCUT2D eigenvalue weighted by Gasteiger charge is -2.24. The summed E-state index contributed by atoms with van der Waals surface area (Å²) in [5.74, 6) is 0.641. The number of nitriles is 1. The number of hydrogen-bond acceptors (Lipinski definition) is 4. The van der Waals surface area contributed by atoms with Crippen LogP contribution in [0.4, 0.5) is 0 Å². The normalized spacial score (nSPS) is 16.9. The van der Waals surface area contributed by atoms with E-state index in [1.807, 2.05) is 6.07 Å². The van der Waals surface area contributed by atoms with Crippen LogP contribution in [0, 0.1) is 18.3 Å². The van der Waals surface area contributed by atoms with Crippen molar-refractivity contribution in [1.82, 2.24) is 13.9 Å². The number of rotatable bonds is 4. The SMILES string of the molecule is Cc1nc(S(=O)(=O)N(CC#N)C2CCCC2)cn1C. The summed E-state index contributed by atoms with van der Waals surface area (Å²) < 4.78 is 28.1. The van der Waals surface area contributed by atoms with E-state index in [2.05, 4.69) is 4.98 Å². The van der Waals surface area contributed by atoms with Gasteiger partial charge >= 0.3 is 0 Å². The van der Waals surface area contributed by atoms with Gasteiger partial charge in [0, 0.05) is 19.3 Å². The Kier molecular flexibility index (Phi) is 3.92. The second kappa shape index (κ2) is 5.31. The van der Waals surface area contributed by atoms with Crippen LogP contribution in [0.2, 0.25) is 0 Å². The number of nitrogens with zero attached hydrogens (tertiary/aromatic N) is 4. The second-order valence-corrected chi connectivity index (χ2v) is 6.72. The molecule has 1 aromatic heterocycles. The molecule has 0 aliphatic heterocycles. The van der Waals surface area contributed by atoms with Crippen molar-refractivity contribution in [2.45, 2.75) is 43.7 Å². The van der Waals surface area contributed by atoms with E-state index in [0.717, 1.165) is 25.7 Å². The van der Waals surface area contributed by atoms with Crippen molar-refractivity contribution in [3.8, 4) is 6.07 Å². The standard InChI is InChI=1S/C12H18N4O2S/c1-10-14-12(9-15(10)2)19(17,18)16(8-7-13)11-5-3-4-6-11/h9,11H,3-6,8H2,1-2H3. The van der Waals surface area contributed by atoms with E-state index in [0.29, 0.717) is 5.82 Å². The molecule has 1 aliphatic carbocycles. The van der Waals surface area contributed by atoms with Crippen LogP contribution >= 0.6 is 0 Å². The van der Waals surface area contributed by atoms with E-state index in [9.17, 15) is 8.42 Å². The Morgan fingerprint density at radius 2 is 2.16 bits per heavy atom. The van der Waals surface area contributed by atoms with Crippen molar-refractivity contribution in [1.29, 1.82) is 5.26 Å². The molecule has 1 aromatic rings. The summed E-state index contributed by atoms with van der Waals surface area (Å²) in [4.78, 5) is 4.08. The maximum Gasteiger partial charge on any atom is 0.263 e. The summed E-state index contributed by atoms with van der Waals surface area (Å²) in [6.45, 7) is 1.64. The summed E-state index contributed by atoms with van der Waals surface area (Å²) in [7, 11) is -1.91. The van der Waals surface area contributed by atoms with Crippen molar-refractivity contribution in [2.24, 2.45) is 7.05 Å². The molecule has 6 nitrogen and oxygen atoms in total. The van der Waals surface area contributed by atoms with Crippen molar-refractivity contribution in [3.05, 3.63) is 12.0 Å². The average molecular weight is 282 g/mol. The molecule has 7 heteroatoms. The van der Waals surface area contributed by atoms with Crippen LogP contribution in [-0.2, 0) is 17.1 Å². The van der Waals surface area contributed by atoms with Crippen LogP contribution in [0.1, 0.15) is 31.5 Å². The van der Waals surface area contributed by atoms with E-state index in [1.54, 1.807) is 18.5 Å². The molecule has 0 bridgehead atoms. The molecule has 2 rings (SSSR count). The quantitative estimate of drug-likeness (QED) is 0.777. The highest BCUT2D eigenvalue weighted by Crippen LogP contribution is 2.28. The highest BCUT2D eigenvalue weighted by atomic mass is 32.2. The molecule has 0 radical (unpaired) electrons. The largest absolute Gasteiger partial charge is 0.337 e. The molecule has 1 aliphatic rings. The molecule has 0 spiro atoms. The minimum absolute atomic E-state index is 0.0367. The van der Waals surface area contributed by atoms with E-state index in [-0.39, 0.29) is 17.6 Å². The van der Waals surface area contributed by atoms with Gasteiger partial charge in [-0.1, -0.05) is 12.8 Å². The van der Waals surface area contributed by atoms with Gasteiger partial charge in [-0.3, -0.25) is 0 Å². The van der Waals surface area contributed by atoms with E-state index >= 15 is 0 Å². The molecule has 19 heavy (non-hydrogen) atoms. The number of hydrogen-bond donors (Lipinski definition) is 0. The third-order valence-corrected chi connectivity index (χ3v) is 5.39. The summed E-state index contributed by atoms with van der Waals surface area (Å²) >= 11 is 0. The highest BCUT2D eigenvalue weighted by Gasteiger charge is 2.34. The van der Waals surface area contributed by atoms with Gasteiger partial charge in [0.2, 0.25) is 0 Å². The average Bonchev–Trinajstić information content (AvgIpc) is 2.97. The topological polar surface area (TPSA) is 79.0 Å². The summed E-state index contributed by atoms with van der Waals surface area (Å²) in [6.07, 6.45) is 5.19. The molecule has 1 fully saturated rings.